The number of hydrogen-bond acceptors (Lipinski definition) is 6. The number of aliphatic hydroxyl groups excluding tert-OH is 1. The average Bonchev–Trinajstić information content (AvgIpc) is 2.95. The number of anilines is 1. The molecule has 1 aliphatic heterocycles. The van der Waals surface area contributed by atoms with E-state index in [4.69, 9.17) is 0 Å². The lowest BCUT2D eigenvalue weighted by Crippen LogP contribution is -2.50. The molecule has 1 saturated heterocycles. The van der Waals surface area contributed by atoms with Gasteiger partial charge >= 0.3 is 0 Å². The first kappa shape index (κ1) is 15.7. The summed E-state index contributed by atoms with van der Waals surface area (Å²) in [6.45, 7) is 12.8. The third-order valence-corrected chi connectivity index (χ3v) is 5.21. The summed E-state index contributed by atoms with van der Waals surface area (Å²) >= 11 is 1.64. The van der Waals surface area contributed by atoms with E-state index in [1.54, 1.807) is 11.3 Å². The number of nitrogens with zero attached hydrogens (tertiary/aromatic N) is 5. The predicted octanol–water partition coefficient (Wildman–Crippen LogP) is 1.63. The maximum absolute atomic E-state index is 10.2. The van der Waals surface area contributed by atoms with Crippen molar-refractivity contribution in [3.63, 3.8) is 0 Å². The molecule has 1 N–H and O–H groups in total. The fraction of sp³-hybridized carbons (Fsp3) is 0.733. The number of β-amino-alcohol motifs (C(OH)–C–C–N with tert-alkyl or cyclic N) is 1. The Kier molecular flexibility index (Phi) is 4.13. The quantitative estimate of drug-likeness (QED) is 0.930. The molecule has 1 atom stereocenters. The lowest BCUT2D eigenvalue weighted by atomic mass is 9.89. The Morgan fingerprint density at radius 2 is 1.95 bits per heavy atom. The van der Waals surface area contributed by atoms with Crippen LogP contribution in [0.15, 0.2) is 6.20 Å². The Hall–Kier alpha value is -1.18. The highest BCUT2D eigenvalue weighted by molar-refractivity contribution is 7.20. The van der Waals surface area contributed by atoms with Crippen molar-refractivity contribution in [2.24, 2.45) is 5.41 Å². The highest BCUT2D eigenvalue weighted by Gasteiger charge is 2.27. The number of aliphatic hydroxyl groups is 1. The van der Waals surface area contributed by atoms with E-state index in [2.05, 4.69) is 40.7 Å². The first-order valence-electron chi connectivity index (χ1n) is 7.81. The average molecular weight is 323 g/mol. The number of hydrogen-bond donors (Lipinski definition) is 1. The SMILES string of the molecule is Cc1cn2nc(N3CCN(C[C@H](O)C(C)(C)C)CC3)sc2n1. The summed E-state index contributed by atoms with van der Waals surface area (Å²) in [4.78, 5) is 10.1. The van der Waals surface area contributed by atoms with Crippen LogP contribution in [0.25, 0.3) is 4.96 Å². The molecular weight excluding hydrogens is 298 g/mol. The molecule has 122 valence electrons. The van der Waals surface area contributed by atoms with Crippen molar-refractivity contribution in [1.29, 1.82) is 0 Å². The summed E-state index contributed by atoms with van der Waals surface area (Å²) in [5.74, 6) is 0. The molecule has 6 nitrogen and oxygen atoms in total. The molecule has 1 fully saturated rings. The van der Waals surface area contributed by atoms with Crippen LogP contribution in [0, 0.1) is 12.3 Å². The number of aromatic nitrogens is 3. The fourth-order valence-corrected chi connectivity index (χ4v) is 3.55. The van der Waals surface area contributed by atoms with E-state index in [-0.39, 0.29) is 11.5 Å². The van der Waals surface area contributed by atoms with Gasteiger partial charge in [-0.25, -0.2) is 9.50 Å². The molecule has 3 rings (SSSR count). The topological polar surface area (TPSA) is 56.9 Å². The van der Waals surface area contributed by atoms with E-state index in [0.29, 0.717) is 0 Å². The zero-order chi connectivity index (χ0) is 15.9. The van der Waals surface area contributed by atoms with Gasteiger partial charge in [0.2, 0.25) is 10.1 Å². The summed E-state index contributed by atoms with van der Waals surface area (Å²) in [5, 5.41) is 15.9. The monoisotopic (exact) mass is 323 g/mol. The van der Waals surface area contributed by atoms with E-state index in [1.807, 2.05) is 17.6 Å². The van der Waals surface area contributed by atoms with Crippen molar-refractivity contribution in [2.75, 3.05) is 37.6 Å². The molecule has 0 aliphatic carbocycles. The van der Waals surface area contributed by atoms with Crippen LogP contribution in [0.5, 0.6) is 0 Å². The van der Waals surface area contributed by atoms with Gasteiger partial charge in [-0.1, -0.05) is 32.1 Å². The minimum Gasteiger partial charge on any atom is -0.391 e. The summed E-state index contributed by atoms with van der Waals surface area (Å²) in [7, 11) is 0. The second-order valence-corrected chi connectivity index (χ2v) is 8.10. The van der Waals surface area contributed by atoms with Gasteiger partial charge in [0.15, 0.2) is 0 Å². The van der Waals surface area contributed by atoms with E-state index < -0.39 is 0 Å². The molecule has 0 amide bonds. The zero-order valence-electron chi connectivity index (χ0n) is 13.8. The van der Waals surface area contributed by atoms with Crippen LogP contribution in [0.3, 0.4) is 0 Å². The van der Waals surface area contributed by atoms with Crippen LogP contribution < -0.4 is 4.90 Å². The molecule has 0 saturated carbocycles. The molecule has 0 bridgehead atoms. The lowest BCUT2D eigenvalue weighted by molar-refractivity contribution is 0.0270. The molecule has 0 spiro atoms. The molecule has 7 heteroatoms. The van der Waals surface area contributed by atoms with Gasteiger partial charge in [0.25, 0.3) is 0 Å². The maximum Gasteiger partial charge on any atom is 0.214 e. The van der Waals surface area contributed by atoms with Crippen LogP contribution in [0.1, 0.15) is 26.5 Å². The minimum absolute atomic E-state index is 0.0599. The van der Waals surface area contributed by atoms with Gasteiger partial charge in [-0.2, -0.15) is 0 Å². The van der Waals surface area contributed by atoms with Crippen molar-refractivity contribution >= 4 is 21.4 Å². The van der Waals surface area contributed by atoms with Gasteiger partial charge in [-0.05, 0) is 12.3 Å². The van der Waals surface area contributed by atoms with Crippen molar-refractivity contribution in [1.82, 2.24) is 19.5 Å². The van der Waals surface area contributed by atoms with Gasteiger partial charge in [0.05, 0.1) is 18.0 Å². The Labute approximate surface area is 135 Å². The van der Waals surface area contributed by atoms with Gasteiger partial charge in [0.1, 0.15) is 0 Å². The van der Waals surface area contributed by atoms with E-state index in [0.717, 1.165) is 48.5 Å². The molecule has 22 heavy (non-hydrogen) atoms. The van der Waals surface area contributed by atoms with Crippen molar-refractivity contribution in [3.8, 4) is 0 Å². The van der Waals surface area contributed by atoms with Crippen LogP contribution in [0.2, 0.25) is 0 Å². The van der Waals surface area contributed by atoms with Gasteiger partial charge in [-0.3, -0.25) is 4.90 Å². The molecule has 1 aliphatic rings. The summed E-state index contributed by atoms with van der Waals surface area (Å²) < 4.78 is 1.87. The summed E-state index contributed by atoms with van der Waals surface area (Å²) in [6, 6.07) is 0. The predicted molar refractivity (Wildman–Crippen MR) is 89.7 cm³/mol. The van der Waals surface area contributed by atoms with Gasteiger partial charge in [-0.15, -0.1) is 5.10 Å². The highest BCUT2D eigenvalue weighted by Crippen LogP contribution is 2.25. The second kappa shape index (κ2) is 5.79. The van der Waals surface area contributed by atoms with Crippen molar-refractivity contribution in [2.45, 2.75) is 33.8 Å². The first-order chi connectivity index (χ1) is 10.3. The molecule has 0 radical (unpaired) electrons. The fourth-order valence-electron chi connectivity index (χ4n) is 2.57. The molecule has 0 aromatic carbocycles. The summed E-state index contributed by atoms with van der Waals surface area (Å²) in [5.41, 5.74) is 0.946. The number of fused-ring (bicyclic) bond motifs is 1. The van der Waals surface area contributed by atoms with Crippen LogP contribution >= 0.6 is 11.3 Å². The minimum atomic E-state index is -0.287. The largest absolute Gasteiger partial charge is 0.391 e. The third kappa shape index (κ3) is 3.26. The zero-order valence-corrected chi connectivity index (χ0v) is 14.6. The normalized spacial score (nSPS) is 19.0. The Morgan fingerprint density at radius 3 is 2.55 bits per heavy atom. The Bertz CT molecular complexity index is 604. The van der Waals surface area contributed by atoms with Crippen LogP contribution in [-0.4, -0.2) is 63.4 Å². The van der Waals surface area contributed by atoms with Gasteiger partial charge < -0.3 is 10.0 Å². The number of piperazine rings is 1. The summed E-state index contributed by atoms with van der Waals surface area (Å²) in [6.07, 6.45) is 1.68. The van der Waals surface area contributed by atoms with Crippen molar-refractivity contribution in [3.05, 3.63) is 11.9 Å². The Balaban J connectivity index is 1.58. The molecule has 3 heterocycles. The smallest absolute Gasteiger partial charge is 0.214 e. The molecule has 2 aromatic heterocycles. The number of rotatable bonds is 3. The van der Waals surface area contributed by atoms with E-state index >= 15 is 0 Å². The molecule has 2 aromatic rings. The van der Waals surface area contributed by atoms with Crippen LogP contribution in [-0.2, 0) is 0 Å². The van der Waals surface area contributed by atoms with Crippen molar-refractivity contribution < 1.29 is 5.11 Å². The van der Waals surface area contributed by atoms with Crippen LogP contribution in [0.4, 0.5) is 5.13 Å². The maximum atomic E-state index is 10.2. The van der Waals surface area contributed by atoms with E-state index in [9.17, 15) is 5.11 Å². The number of aryl methyl sites for hydroxylation is 1. The molecular formula is C15H25N5OS. The Morgan fingerprint density at radius 1 is 1.27 bits per heavy atom. The lowest BCUT2D eigenvalue weighted by Gasteiger charge is -2.37. The molecule has 0 unspecified atom stereocenters. The number of imidazole rings is 1. The first-order valence-corrected chi connectivity index (χ1v) is 8.63. The third-order valence-electron chi connectivity index (χ3n) is 4.23. The standard InChI is InChI=1S/C15H25N5OS/c1-11-9-20-13(16-11)22-14(17-20)19-7-5-18(6-8-19)10-12(21)15(2,3)4/h9,12,21H,5-8,10H2,1-4H3/t12-/m0/s1. The van der Waals surface area contributed by atoms with Gasteiger partial charge in [0, 0.05) is 32.7 Å². The second-order valence-electron chi connectivity index (χ2n) is 7.16. The highest BCUT2D eigenvalue weighted by atomic mass is 32.1. The van der Waals surface area contributed by atoms with E-state index in [1.165, 1.54) is 0 Å².